The van der Waals surface area contributed by atoms with Crippen LogP contribution < -0.4 is 9.64 Å². The second-order valence-corrected chi connectivity index (χ2v) is 7.84. The molecule has 0 radical (unpaired) electrons. The first-order valence-electron chi connectivity index (χ1n) is 10.6. The fourth-order valence-electron chi connectivity index (χ4n) is 4.12. The van der Waals surface area contributed by atoms with E-state index >= 15 is 0 Å². The minimum atomic E-state index is -0.198. The fourth-order valence-corrected chi connectivity index (χ4v) is 4.12. The molecule has 1 saturated heterocycles. The van der Waals surface area contributed by atoms with Gasteiger partial charge in [0.25, 0.3) is 0 Å². The fraction of sp³-hybridized carbons (Fsp3) is 0.333. The molecule has 1 aliphatic rings. The number of nitrogens with zero attached hydrogens (tertiary/aromatic N) is 4. The average molecular weight is 418 g/mol. The van der Waals surface area contributed by atoms with Gasteiger partial charge < -0.3 is 19.5 Å². The lowest BCUT2D eigenvalue weighted by atomic mass is 10.1. The van der Waals surface area contributed by atoms with Gasteiger partial charge in [-0.25, -0.2) is 9.97 Å². The number of para-hydroxylation sites is 1. The van der Waals surface area contributed by atoms with Crippen LogP contribution in [0.2, 0.25) is 0 Å². The lowest BCUT2D eigenvalue weighted by molar-refractivity contribution is 0.145. The number of aliphatic hydroxyl groups is 1. The van der Waals surface area contributed by atoms with Crippen molar-refractivity contribution < 1.29 is 14.6 Å². The number of benzene rings is 1. The number of aromatic nitrogens is 3. The first kappa shape index (κ1) is 19.8. The van der Waals surface area contributed by atoms with Crippen LogP contribution in [0.4, 0.5) is 5.69 Å². The van der Waals surface area contributed by atoms with Gasteiger partial charge in [-0.15, -0.1) is 0 Å². The summed E-state index contributed by atoms with van der Waals surface area (Å²) in [5, 5.41) is 11.0. The number of imidazole rings is 1. The number of methoxy groups -OCH3 is 1. The van der Waals surface area contributed by atoms with Crippen molar-refractivity contribution in [3.8, 4) is 17.1 Å². The van der Waals surface area contributed by atoms with E-state index in [1.54, 1.807) is 7.11 Å². The van der Waals surface area contributed by atoms with E-state index < -0.39 is 0 Å². The van der Waals surface area contributed by atoms with E-state index in [0.717, 1.165) is 65.3 Å². The Morgan fingerprint density at radius 3 is 2.81 bits per heavy atom. The molecule has 1 aliphatic heterocycles. The van der Waals surface area contributed by atoms with Crippen LogP contribution in [0.3, 0.4) is 0 Å². The summed E-state index contributed by atoms with van der Waals surface area (Å²) in [7, 11) is 1.66. The van der Waals surface area contributed by atoms with Gasteiger partial charge in [0.05, 0.1) is 41.5 Å². The van der Waals surface area contributed by atoms with Gasteiger partial charge in [-0.1, -0.05) is 18.2 Å². The van der Waals surface area contributed by atoms with Crippen molar-refractivity contribution >= 4 is 22.2 Å². The minimum Gasteiger partial charge on any atom is -0.491 e. The molecule has 4 aromatic rings. The van der Waals surface area contributed by atoms with Crippen LogP contribution in [-0.2, 0) is 4.74 Å². The van der Waals surface area contributed by atoms with E-state index in [4.69, 9.17) is 14.5 Å². The molecule has 1 fully saturated rings. The SMILES string of the molecule is COCCOc1ccn2c(-c3ccc4cccc(N5CCC(O)CC5)c4n3)cnc2c1. The van der Waals surface area contributed by atoms with Gasteiger partial charge in [0.15, 0.2) is 0 Å². The predicted octanol–water partition coefficient (Wildman–Crippen LogP) is 3.54. The smallest absolute Gasteiger partial charge is 0.140 e. The maximum absolute atomic E-state index is 9.87. The van der Waals surface area contributed by atoms with Gasteiger partial charge in [-0.3, -0.25) is 4.40 Å². The van der Waals surface area contributed by atoms with Crippen molar-refractivity contribution in [3.05, 3.63) is 54.9 Å². The molecule has 4 heterocycles. The molecule has 0 saturated carbocycles. The highest BCUT2D eigenvalue weighted by Crippen LogP contribution is 2.30. The lowest BCUT2D eigenvalue weighted by Gasteiger charge is -2.32. The predicted molar refractivity (Wildman–Crippen MR) is 121 cm³/mol. The maximum Gasteiger partial charge on any atom is 0.140 e. The summed E-state index contributed by atoms with van der Waals surface area (Å²) in [6, 6.07) is 14.3. The molecule has 7 heteroatoms. The van der Waals surface area contributed by atoms with Crippen molar-refractivity contribution in [2.75, 3.05) is 38.3 Å². The second kappa shape index (κ2) is 8.53. The van der Waals surface area contributed by atoms with Crippen molar-refractivity contribution in [1.29, 1.82) is 0 Å². The van der Waals surface area contributed by atoms with Crippen LogP contribution >= 0.6 is 0 Å². The highest BCUT2D eigenvalue weighted by Gasteiger charge is 2.20. The number of piperidine rings is 1. The number of pyridine rings is 2. The Hall–Kier alpha value is -3.16. The molecule has 1 N–H and O–H groups in total. The third-order valence-corrected chi connectivity index (χ3v) is 5.81. The van der Waals surface area contributed by atoms with Gasteiger partial charge in [0.2, 0.25) is 0 Å². The van der Waals surface area contributed by atoms with Gasteiger partial charge in [0.1, 0.15) is 18.0 Å². The largest absolute Gasteiger partial charge is 0.491 e. The quantitative estimate of drug-likeness (QED) is 0.483. The molecule has 7 nitrogen and oxygen atoms in total. The van der Waals surface area contributed by atoms with Crippen molar-refractivity contribution in [3.63, 3.8) is 0 Å². The number of fused-ring (bicyclic) bond motifs is 2. The number of rotatable bonds is 6. The average Bonchev–Trinajstić information content (AvgIpc) is 3.22. The highest BCUT2D eigenvalue weighted by molar-refractivity contribution is 5.92. The Balaban J connectivity index is 1.50. The zero-order valence-corrected chi connectivity index (χ0v) is 17.6. The molecule has 0 bridgehead atoms. The third kappa shape index (κ3) is 3.94. The van der Waals surface area contributed by atoms with E-state index in [9.17, 15) is 5.11 Å². The molecular weight excluding hydrogens is 392 g/mol. The molecule has 5 rings (SSSR count). The number of anilines is 1. The van der Waals surface area contributed by atoms with E-state index in [0.29, 0.717) is 13.2 Å². The number of ether oxygens (including phenoxy) is 2. The molecule has 0 aliphatic carbocycles. The molecule has 0 spiro atoms. The van der Waals surface area contributed by atoms with Crippen molar-refractivity contribution in [1.82, 2.24) is 14.4 Å². The van der Waals surface area contributed by atoms with Gasteiger partial charge in [0, 0.05) is 37.8 Å². The number of hydrogen-bond donors (Lipinski definition) is 1. The van der Waals surface area contributed by atoms with Crippen LogP contribution in [0, 0.1) is 0 Å². The van der Waals surface area contributed by atoms with Gasteiger partial charge in [-0.2, -0.15) is 0 Å². The highest BCUT2D eigenvalue weighted by atomic mass is 16.5. The molecule has 1 aromatic carbocycles. The van der Waals surface area contributed by atoms with Crippen LogP contribution in [-0.4, -0.2) is 59.0 Å². The number of hydrogen-bond acceptors (Lipinski definition) is 6. The van der Waals surface area contributed by atoms with Crippen LogP contribution in [0.1, 0.15) is 12.8 Å². The summed E-state index contributed by atoms with van der Waals surface area (Å²) in [5.41, 5.74) is 4.71. The molecule has 0 unspecified atom stereocenters. The standard InChI is InChI=1S/C24H26N4O3/c1-30-13-14-31-19-9-12-28-22(16-25-23(28)15-19)20-6-5-17-3-2-4-21(24(17)26-20)27-10-7-18(29)8-11-27/h2-6,9,12,15-16,18,29H,7-8,10-11,13-14H2,1H3. The molecule has 0 amide bonds. The maximum atomic E-state index is 9.87. The molecule has 160 valence electrons. The second-order valence-electron chi connectivity index (χ2n) is 7.84. The van der Waals surface area contributed by atoms with Gasteiger partial charge >= 0.3 is 0 Å². The Labute approximate surface area is 180 Å². The summed E-state index contributed by atoms with van der Waals surface area (Å²) in [4.78, 5) is 11.9. The summed E-state index contributed by atoms with van der Waals surface area (Å²) in [6.07, 6.45) is 5.19. The Morgan fingerprint density at radius 1 is 1.10 bits per heavy atom. The van der Waals surface area contributed by atoms with Crippen LogP contribution in [0.25, 0.3) is 27.9 Å². The summed E-state index contributed by atoms with van der Waals surface area (Å²) in [5.74, 6) is 0.766. The Bertz CT molecular complexity index is 1200. The topological polar surface area (TPSA) is 72.1 Å². The first-order chi connectivity index (χ1) is 15.2. The van der Waals surface area contributed by atoms with E-state index in [-0.39, 0.29) is 6.10 Å². The van der Waals surface area contributed by atoms with Crippen LogP contribution in [0.15, 0.2) is 54.9 Å². The van der Waals surface area contributed by atoms with E-state index in [2.05, 4.69) is 34.1 Å². The molecule has 3 aromatic heterocycles. The normalized spacial score (nSPS) is 15.1. The van der Waals surface area contributed by atoms with E-state index in [1.807, 2.05) is 35.0 Å². The van der Waals surface area contributed by atoms with Gasteiger partial charge in [-0.05, 0) is 31.0 Å². The first-order valence-corrected chi connectivity index (χ1v) is 10.6. The molecular formula is C24H26N4O3. The number of aliphatic hydroxyl groups excluding tert-OH is 1. The molecule has 31 heavy (non-hydrogen) atoms. The third-order valence-electron chi connectivity index (χ3n) is 5.81. The summed E-state index contributed by atoms with van der Waals surface area (Å²) in [6.45, 7) is 2.73. The summed E-state index contributed by atoms with van der Waals surface area (Å²) < 4.78 is 12.8. The zero-order valence-electron chi connectivity index (χ0n) is 17.6. The van der Waals surface area contributed by atoms with Crippen molar-refractivity contribution in [2.24, 2.45) is 0 Å². The van der Waals surface area contributed by atoms with E-state index in [1.165, 1.54) is 0 Å². The lowest BCUT2D eigenvalue weighted by Crippen LogP contribution is -2.35. The van der Waals surface area contributed by atoms with Crippen LogP contribution in [0.5, 0.6) is 5.75 Å². The Morgan fingerprint density at radius 2 is 1.97 bits per heavy atom. The summed E-state index contributed by atoms with van der Waals surface area (Å²) >= 11 is 0. The zero-order chi connectivity index (χ0) is 21.2. The minimum absolute atomic E-state index is 0.198. The Kier molecular flexibility index (Phi) is 5.44. The van der Waals surface area contributed by atoms with Crippen molar-refractivity contribution in [2.45, 2.75) is 18.9 Å². The molecule has 0 atom stereocenters. The monoisotopic (exact) mass is 418 g/mol.